The fraction of sp³-hybridized carbons (Fsp3) is 0.452. The number of aliphatic imine (C=N–C) groups is 2. The molecule has 0 saturated carbocycles. The Morgan fingerprint density at radius 3 is 2.40 bits per heavy atom. The van der Waals surface area contributed by atoms with Crippen molar-refractivity contribution in [1.29, 1.82) is 0 Å². The minimum Gasteiger partial charge on any atom is -0.478 e. The summed E-state index contributed by atoms with van der Waals surface area (Å²) in [5.74, 6) is -0.321. The number of hydrogen-bond donors (Lipinski definition) is 4. The van der Waals surface area contributed by atoms with Crippen LogP contribution in [-0.4, -0.2) is 75.7 Å². The van der Waals surface area contributed by atoms with Crippen LogP contribution in [0, 0.1) is 0 Å². The number of carbonyl (C=O) groups excluding carboxylic acids is 2. The predicted octanol–water partition coefficient (Wildman–Crippen LogP) is 2.72. The fourth-order valence-electron chi connectivity index (χ4n) is 5.61. The van der Waals surface area contributed by atoms with Gasteiger partial charge in [-0.2, -0.15) is 0 Å². The van der Waals surface area contributed by atoms with Crippen LogP contribution < -0.4 is 17.2 Å². The molecule has 11 nitrogen and oxygen atoms in total. The Labute approximate surface area is 246 Å². The van der Waals surface area contributed by atoms with Crippen LogP contribution in [0.3, 0.4) is 0 Å². The number of benzene rings is 2. The van der Waals surface area contributed by atoms with Gasteiger partial charge in [0.15, 0.2) is 5.96 Å². The lowest BCUT2D eigenvalue weighted by molar-refractivity contribution is -0.139. The van der Waals surface area contributed by atoms with Crippen LogP contribution in [0.1, 0.15) is 67.8 Å². The van der Waals surface area contributed by atoms with E-state index in [1.165, 1.54) is 0 Å². The fourth-order valence-corrected chi connectivity index (χ4v) is 5.61. The van der Waals surface area contributed by atoms with Crippen LogP contribution in [0.15, 0.2) is 58.5 Å². The third-order valence-corrected chi connectivity index (χ3v) is 8.00. The lowest BCUT2D eigenvalue weighted by atomic mass is 9.87. The quantitative estimate of drug-likeness (QED) is 0.170. The second-order valence-corrected chi connectivity index (χ2v) is 11.0. The number of rotatable bonds is 12. The molecule has 1 spiro atoms. The van der Waals surface area contributed by atoms with Crippen molar-refractivity contribution in [2.24, 2.45) is 27.2 Å². The highest BCUT2D eigenvalue weighted by atomic mass is 16.4. The van der Waals surface area contributed by atoms with E-state index in [1.807, 2.05) is 30.3 Å². The smallest absolute Gasteiger partial charge is 0.336 e. The number of amides is 2. The lowest BCUT2D eigenvalue weighted by Gasteiger charge is -2.37. The maximum absolute atomic E-state index is 13.9. The monoisotopic (exact) mass is 575 g/mol. The van der Waals surface area contributed by atoms with E-state index in [4.69, 9.17) is 22.2 Å². The summed E-state index contributed by atoms with van der Waals surface area (Å²) in [5, 5.41) is 9.56. The average molecular weight is 576 g/mol. The largest absolute Gasteiger partial charge is 0.478 e. The molecule has 2 aromatic carbocycles. The summed E-state index contributed by atoms with van der Waals surface area (Å²) < 4.78 is 0. The summed E-state index contributed by atoms with van der Waals surface area (Å²) in [7, 11) is 0. The molecule has 1 fully saturated rings. The molecule has 42 heavy (non-hydrogen) atoms. The summed E-state index contributed by atoms with van der Waals surface area (Å²) in [6, 6.07) is 13.9. The number of carboxylic acid groups (broad SMARTS) is 1. The number of guanidine groups is 1. The van der Waals surface area contributed by atoms with Crippen molar-refractivity contribution < 1.29 is 19.5 Å². The molecular weight excluding hydrogens is 534 g/mol. The highest BCUT2D eigenvalue weighted by molar-refractivity contribution is 6.08. The number of amidine groups is 1. The molecule has 2 heterocycles. The molecule has 2 aliphatic heterocycles. The van der Waals surface area contributed by atoms with Crippen molar-refractivity contribution in [2.45, 2.75) is 70.0 Å². The second-order valence-electron chi connectivity index (χ2n) is 11.0. The highest BCUT2D eigenvalue weighted by Crippen LogP contribution is 2.36. The maximum Gasteiger partial charge on any atom is 0.336 e. The van der Waals surface area contributed by atoms with Crippen molar-refractivity contribution in [3.8, 4) is 11.1 Å². The number of nitrogens with two attached hydrogens (primary N) is 3. The van der Waals surface area contributed by atoms with Crippen LogP contribution in [0.25, 0.3) is 11.1 Å². The van der Waals surface area contributed by atoms with Gasteiger partial charge in [-0.25, -0.2) is 4.79 Å². The van der Waals surface area contributed by atoms with E-state index in [9.17, 15) is 19.5 Å². The number of aromatic carboxylic acids is 1. The number of carbonyl (C=O) groups is 3. The first-order valence-electron chi connectivity index (χ1n) is 14.6. The molecule has 4 rings (SSSR count). The first-order chi connectivity index (χ1) is 20.1. The zero-order valence-corrected chi connectivity index (χ0v) is 24.2. The number of carboxylic acids is 1. The van der Waals surface area contributed by atoms with Gasteiger partial charge in [0.25, 0.3) is 5.91 Å². The number of hydrogen-bond acceptors (Lipinski definition) is 6. The van der Waals surface area contributed by atoms with Gasteiger partial charge in [-0.3, -0.25) is 24.5 Å². The molecule has 0 radical (unpaired) electrons. The molecule has 0 aliphatic carbocycles. The zero-order valence-electron chi connectivity index (χ0n) is 24.2. The molecule has 0 aromatic heterocycles. The molecule has 2 amide bonds. The number of unbranched alkanes of at least 4 members (excludes halogenated alkanes) is 1. The van der Waals surface area contributed by atoms with E-state index in [0.29, 0.717) is 63.8 Å². The van der Waals surface area contributed by atoms with Gasteiger partial charge < -0.3 is 27.2 Å². The molecule has 7 N–H and O–H groups in total. The van der Waals surface area contributed by atoms with Gasteiger partial charge in [-0.15, -0.1) is 0 Å². The van der Waals surface area contributed by atoms with Gasteiger partial charge in [0, 0.05) is 26.1 Å². The minimum atomic E-state index is -0.975. The van der Waals surface area contributed by atoms with E-state index < -0.39 is 17.6 Å². The summed E-state index contributed by atoms with van der Waals surface area (Å²) in [6.45, 7) is 3.75. The van der Waals surface area contributed by atoms with Gasteiger partial charge in [-0.1, -0.05) is 55.8 Å². The van der Waals surface area contributed by atoms with Crippen molar-refractivity contribution in [3.05, 3.63) is 59.7 Å². The standard InChI is InChI=1S/C31H41N7O4/c1-2-3-10-26-36-31(15-18-37(19-16-31)27(39)25(32)9-6-17-35-30(33)34)29(42)38(26)20-21-11-13-22(14-12-21)23-7-4-5-8-24(23)28(40)41/h4-5,7-8,11-14,25H,2-3,6,9-10,15-20,32H2,1H3,(H,40,41)(H4,33,34,35)/t25-/m0/s1. The average Bonchev–Trinajstić information content (AvgIpc) is 3.23. The topological polar surface area (TPSA) is 181 Å². The summed E-state index contributed by atoms with van der Waals surface area (Å²) in [5.41, 5.74) is 18.6. The Hall–Kier alpha value is -4.25. The van der Waals surface area contributed by atoms with Gasteiger partial charge in [0.05, 0.1) is 18.2 Å². The van der Waals surface area contributed by atoms with Gasteiger partial charge >= 0.3 is 5.97 Å². The molecule has 2 aromatic rings. The highest BCUT2D eigenvalue weighted by Gasteiger charge is 2.50. The van der Waals surface area contributed by atoms with Crippen molar-refractivity contribution >= 4 is 29.6 Å². The Morgan fingerprint density at radius 1 is 1.07 bits per heavy atom. The van der Waals surface area contributed by atoms with Crippen LogP contribution in [-0.2, 0) is 16.1 Å². The van der Waals surface area contributed by atoms with Crippen molar-refractivity contribution in [2.75, 3.05) is 19.6 Å². The Bertz CT molecular complexity index is 1340. The molecule has 0 bridgehead atoms. The van der Waals surface area contributed by atoms with Crippen LogP contribution >= 0.6 is 0 Å². The third kappa shape index (κ3) is 6.96. The molecule has 224 valence electrons. The third-order valence-electron chi connectivity index (χ3n) is 8.00. The summed E-state index contributed by atoms with van der Waals surface area (Å²) in [6.07, 6.45) is 4.60. The first kappa shape index (κ1) is 30.7. The van der Waals surface area contributed by atoms with Gasteiger partial charge in [0.1, 0.15) is 11.4 Å². The summed E-state index contributed by atoms with van der Waals surface area (Å²) in [4.78, 5) is 51.0. The number of nitrogens with zero attached hydrogens (tertiary/aromatic N) is 4. The van der Waals surface area contributed by atoms with Gasteiger partial charge in [-0.05, 0) is 54.9 Å². The molecule has 0 unspecified atom stereocenters. The normalized spacial score (nSPS) is 16.8. The minimum absolute atomic E-state index is 0.0175. The molecule has 1 saturated heterocycles. The molecule has 1 atom stereocenters. The lowest BCUT2D eigenvalue weighted by Crippen LogP contribution is -2.54. The van der Waals surface area contributed by atoms with Crippen molar-refractivity contribution in [1.82, 2.24) is 9.80 Å². The SMILES string of the molecule is CCCCC1=NC2(CCN(C(=O)[C@@H](N)CCCN=C(N)N)CC2)C(=O)N1Cc1ccc(-c2ccccc2C(=O)O)cc1. The van der Waals surface area contributed by atoms with Crippen LogP contribution in [0.4, 0.5) is 0 Å². The van der Waals surface area contributed by atoms with Gasteiger partial charge in [0.2, 0.25) is 5.91 Å². The van der Waals surface area contributed by atoms with Crippen molar-refractivity contribution in [3.63, 3.8) is 0 Å². The van der Waals surface area contributed by atoms with Crippen LogP contribution in [0.2, 0.25) is 0 Å². The van der Waals surface area contributed by atoms with E-state index >= 15 is 0 Å². The zero-order chi connectivity index (χ0) is 30.3. The summed E-state index contributed by atoms with van der Waals surface area (Å²) >= 11 is 0. The molecule has 11 heteroatoms. The van der Waals surface area contributed by atoms with E-state index in [0.717, 1.165) is 29.8 Å². The molecule has 2 aliphatic rings. The van der Waals surface area contributed by atoms with E-state index in [1.54, 1.807) is 28.0 Å². The Balaban J connectivity index is 1.43. The first-order valence-corrected chi connectivity index (χ1v) is 14.6. The Morgan fingerprint density at radius 2 is 1.76 bits per heavy atom. The second kappa shape index (κ2) is 13.6. The maximum atomic E-state index is 13.9. The van der Waals surface area contributed by atoms with E-state index in [2.05, 4.69) is 11.9 Å². The molecular formula is C31H41N7O4. The van der Waals surface area contributed by atoms with Crippen LogP contribution in [0.5, 0.6) is 0 Å². The van der Waals surface area contributed by atoms with E-state index in [-0.39, 0.29) is 23.3 Å². The Kier molecular flexibility index (Phi) is 9.95. The number of piperidine rings is 1. The number of likely N-dealkylation sites (tertiary alicyclic amines) is 1. The predicted molar refractivity (Wildman–Crippen MR) is 163 cm³/mol.